The Morgan fingerprint density at radius 1 is 1.06 bits per heavy atom. The largest absolute Gasteiger partial charge is 0.426 e. The van der Waals surface area contributed by atoms with E-state index in [9.17, 15) is 0 Å². The normalized spacial score (nSPS) is 11.2. The highest BCUT2D eigenvalue weighted by molar-refractivity contribution is 5.97. The zero-order valence-corrected chi connectivity index (χ0v) is 11.9. The van der Waals surface area contributed by atoms with Crippen LogP contribution in [0.25, 0.3) is 6.08 Å². The van der Waals surface area contributed by atoms with Crippen LogP contribution in [-0.4, -0.2) is 30.3 Å². The van der Waals surface area contributed by atoms with Gasteiger partial charge in [0.1, 0.15) is 10.5 Å². The maximum absolute atomic E-state index is 5.39. The Bertz CT molecular complexity index is 285. The van der Waals surface area contributed by atoms with Gasteiger partial charge in [-0.25, -0.2) is 0 Å². The predicted molar refractivity (Wildman–Crippen MR) is 71.4 cm³/mol. The monoisotopic (exact) mass is 236 g/mol. The van der Waals surface area contributed by atoms with Crippen LogP contribution in [0, 0.1) is 0 Å². The molecule has 0 saturated heterocycles. The molecule has 16 heavy (non-hydrogen) atoms. The SMILES string of the molecule is [SiH3]OCCOCCCC=Cc1ccccc1. The van der Waals surface area contributed by atoms with E-state index < -0.39 is 0 Å². The second kappa shape index (κ2) is 9.33. The fraction of sp³-hybridized carbons (Fsp3) is 0.385. The summed E-state index contributed by atoms with van der Waals surface area (Å²) in [5.41, 5.74) is 1.26. The number of rotatable bonds is 8. The molecule has 0 spiro atoms. The molecule has 3 heteroatoms. The molecule has 1 aromatic rings. The van der Waals surface area contributed by atoms with E-state index in [2.05, 4.69) is 36.4 Å². The molecule has 0 heterocycles. The van der Waals surface area contributed by atoms with E-state index in [1.807, 2.05) is 6.07 Å². The molecule has 0 atom stereocenters. The van der Waals surface area contributed by atoms with Crippen molar-refractivity contribution < 1.29 is 9.16 Å². The average molecular weight is 236 g/mol. The van der Waals surface area contributed by atoms with Gasteiger partial charge in [-0.1, -0.05) is 42.5 Å². The number of allylic oxidation sites excluding steroid dienone is 1. The summed E-state index contributed by atoms with van der Waals surface area (Å²) in [4.78, 5) is 0. The van der Waals surface area contributed by atoms with E-state index in [0.29, 0.717) is 0 Å². The van der Waals surface area contributed by atoms with Crippen LogP contribution in [0.5, 0.6) is 0 Å². The third kappa shape index (κ3) is 6.56. The predicted octanol–water partition coefficient (Wildman–Crippen LogP) is 1.79. The highest BCUT2D eigenvalue weighted by Crippen LogP contribution is 2.02. The standard InChI is InChI=1S/C13H20O2Si/c16-15-12-11-14-10-6-2-5-9-13-7-3-1-4-8-13/h1,3-5,7-9H,2,6,10-12H2,16H3. The van der Waals surface area contributed by atoms with Crippen LogP contribution >= 0.6 is 0 Å². The molecule has 0 radical (unpaired) electrons. The molecule has 0 aliphatic carbocycles. The third-order valence-corrected chi connectivity index (χ3v) is 2.61. The second-order valence-corrected chi connectivity index (χ2v) is 4.14. The van der Waals surface area contributed by atoms with E-state index in [0.717, 1.165) is 43.1 Å². The van der Waals surface area contributed by atoms with E-state index >= 15 is 0 Å². The van der Waals surface area contributed by atoms with Crippen LogP contribution in [0.4, 0.5) is 0 Å². The van der Waals surface area contributed by atoms with E-state index in [1.165, 1.54) is 5.56 Å². The minimum atomic E-state index is 0.728. The van der Waals surface area contributed by atoms with Gasteiger partial charge in [0, 0.05) is 6.61 Å². The van der Waals surface area contributed by atoms with Crippen LogP contribution < -0.4 is 0 Å². The van der Waals surface area contributed by atoms with Gasteiger partial charge in [0.25, 0.3) is 0 Å². The second-order valence-electron chi connectivity index (χ2n) is 3.56. The first-order valence-electron chi connectivity index (χ1n) is 5.72. The van der Waals surface area contributed by atoms with Gasteiger partial charge in [0.05, 0.1) is 13.2 Å². The van der Waals surface area contributed by atoms with Crippen LogP contribution in [-0.2, 0) is 9.16 Å². The summed E-state index contributed by atoms with van der Waals surface area (Å²) >= 11 is 0. The molecule has 0 aliphatic heterocycles. The summed E-state index contributed by atoms with van der Waals surface area (Å²) in [5.74, 6) is 0. The summed E-state index contributed by atoms with van der Waals surface area (Å²) < 4.78 is 10.4. The Balaban J connectivity index is 2.01. The van der Waals surface area contributed by atoms with Gasteiger partial charge in [0.2, 0.25) is 0 Å². The molecule has 0 fully saturated rings. The number of hydrogen-bond acceptors (Lipinski definition) is 2. The van der Waals surface area contributed by atoms with Crippen molar-refractivity contribution in [1.82, 2.24) is 0 Å². The molecule has 2 nitrogen and oxygen atoms in total. The first-order valence-corrected chi connectivity index (χ1v) is 6.53. The quantitative estimate of drug-likeness (QED) is 0.506. The Labute approximate surface area is 101 Å². The lowest BCUT2D eigenvalue weighted by Gasteiger charge is -2.01. The Morgan fingerprint density at radius 2 is 1.88 bits per heavy atom. The van der Waals surface area contributed by atoms with Gasteiger partial charge in [-0.2, -0.15) is 0 Å². The summed E-state index contributed by atoms with van der Waals surface area (Å²) in [7, 11) is 0.804. The number of benzene rings is 1. The molecule has 0 unspecified atom stereocenters. The molecule has 0 aromatic heterocycles. The van der Waals surface area contributed by atoms with Crippen LogP contribution in [0.15, 0.2) is 36.4 Å². The lowest BCUT2D eigenvalue weighted by molar-refractivity contribution is 0.102. The van der Waals surface area contributed by atoms with Crippen LogP contribution in [0.3, 0.4) is 0 Å². The first kappa shape index (κ1) is 13.2. The zero-order valence-electron chi connectivity index (χ0n) is 9.89. The third-order valence-electron chi connectivity index (χ3n) is 2.20. The maximum atomic E-state index is 5.39. The Kier molecular flexibility index (Phi) is 7.68. The molecule has 0 saturated carbocycles. The number of ether oxygens (including phenoxy) is 1. The van der Waals surface area contributed by atoms with Crippen molar-refractivity contribution in [2.24, 2.45) is 0 Å². The maximum Gasteiger partial charge on any atom is 0.146 e. The van der Waals surface area contributed by atoms with Crippen molar-refractivity contribution in [3.8, 4) is 0 Å². The van der Waals surface area contributed by atoms with Gasteiger partial charge in [-0.05, 0) is 18.4 Å². The summed E-state index contributed by atoms with van der Waals surface area (Å²) in [6.45, 7) is 2.29. The summed E-state index contributed by atoms with van der Waals surface area (Å²) in [5, 5.41) is 0. The molecule has 1 aromatic carbocycles. The Morgan fingerprint density at radius 3 is 2.62 bits per heavy atom. The summed E-state index contributed by atoms with van der Waals surface area (Å²) in [6.07, 6.45) is 6.49. The smallest absolute Gasteiger partial charge is 0.146 e. The van der Waals surface area contributed by atoms with Crippen molar-refractivity contribution in [3.63, 3.8) is 0 Å². The van der Waals surface area contributed by atoms with Crippen molar-refractivity contribution >= 4 is 16.6 Å². The average Bonchev–Trinajstić information content (AvgIpc) is 2.34. The van der Waals surface area contributed by atoms with Crippen molar-refractivity contribution in [2.75, 3.05) is 19.8 Å². The zero-order chi connectivity index (χ0) is 11.5. The fourth-order valence-corrected chi connectivity index (χ4v) is 1.50. The van der Waals surface area contributed by atoms with Crippen molar-refractivity contribution in [3.05, 3.63) is 42.0 Å². The topological polar surface area (TPSA) is 18.5 Å². The molecule has 0 bridgehead atoms. The summed E-state index contributed by atoms with van der Waals surface area (Å²) in [6, 6.07) is 10.3. The Hall–Kier alpha value is -0.903. The highest BCUT2D eigenvalue weighted by Gasteiger charge is 1.87. The lowest BCUT2D eigenvalue weighted by Crippen LogP contribution is -2.03. The molecule has 1 rings (SSSR count). The molecule has 0 aliphatic rings. The van der Waals surface area contributed by atoms with Gasteiger partial charge >= 0.3 is 0 Å². The van der Waals surface area contributed by atoms with Crippen molar-refractivity contribution in [2.45, 2.75) is 12.8 Å². The van der Waals surface area contributed by atoms with Gasteiger partial charge < -0.3 is 9.16 Å². The van der Waals surface area contributed by atoms with E-state index in [4.69, 9.17) is 9.16 Å². The molecule has 0 N–H and O–H groups in total. The fourth-order valence-electron chi connectivity index (χ4n) is 1.33. The lowest BCUT2D eigenvalue weighted by atomic mass is 10.2. The van der Waals surface area contributed by atoms with Gasteiger partial charge in [-0.3, -0.25) is 0 Å². The molecular weight excluding hydrogens is 216 g/mol. The van der Waals surface area contributed by atoms with Crippen LogP contribution in [0.1, 0.15) is 18.4 Å². The number of hydrogen-bond donors (Lipinski definition) is 0. The van der Waals surface area contributed by atoms with Gasteiger partial charge in [-0.15, -0.1) is 0 Å². The van der Waals surface area contributed by atoms with E-state index in [1.54, 1.807) is 0 Å². The van der Waals surface area contributed by atoms with Gasteiger partial charge in [0.15, 0.2) is 0 Å². The molecule has 0 amide bonds. The van der Waals surface area contributed by atoms with E-state index in [-0.39, 0.29) is 0 Å². The molecular formula is C13H20O2Si. The molecule has 88 valence electrons. The number of unbranched alkanes of at least 4 members (excludes halogenated alkanes) is 1. The minimum Gasteiger partial charge on any atom is -0.426 e. The minimum absolute atomic E-state index is 0.728. The first-order chi connectivity index (χ1) is 7.93. The highest BCUT2D eigenvalue weighted by atomic mass is 28.2. The van der Waals surface area contributed by atoms with Crippen molar-refractivity contribution in [1.29, 1.82) is 0 Å². The van der Waals surface area contributed by atoms with Crippen LogP contribution in [0.2, 0.25) is 0 Å².